The third-order valence-corrected chi connectivity index (χ3v) is 5.42. The second-order valence-electron chi connectivity index (χ2n) is 7.66. The first-order valence-electron chi connectivity index (χ1n) is 9.88. The van der Waals surface area contributed by atoms with Gasteiger partial charge in [0.15, 0.2) is 6.54 Å². The molecule has 0 spiro atoms. The Balaban J connectivity index is 1.34. The van der Waals surface area contributed by atoms with Crippen LogP contribution >= 0.6 is 0 Å². The van der Waals surface area contributed by atoms with E-state index in [0.29, 0.717) is 25.6 Å². The first kappa shape index (κ1) is 18.6. The van der Waals surface area contributed by atoms with E-state index >= 15 is 0 Å². The van der Waals surface area contributed by atoms with E-state index in [2.05, 4.69) is 5.32 Å². The molecule has 2 N–H and O–H groups in total. The van der Waals surface area contributed by atoms with Gasteiger partial charge in [0.25, 0.3) is 5.91 Å². The smallest absolute Gasteiger partial charge is 0.279 e. The molecule has 1 saturated heterocycles. The summed E-state index contributed by atoms with van der Waals surface area (Å²) in [5.74, 6) is -0.121. The molecule has 0 bridgehead atoms. The van der Waals surface area contributed by atoms with E-state index in [1.165, 1.54) is 17.0 Å². The number of amides is 2. The maximum atomic E-state index is 13.1. The van der Waals surface area contributed by atoms with Crippen LogP contribution in [0.25, 0.3) is 0 Å². The summed E-state index contributed by atoms with van der Waals surface area (Å²) in [4.78, 5) is 27.4. The molecule has 2 aromatic rings. The Morgan fingerprint density at radius 2 is 1.82 bits per heavy atom. The minimum Gasteiger partial charge on any atom is -0.321 e. The standard InChI is InChI=1S/C22H24FN3O2/c23-17-5-3-16(4-6-17)14-25(19-11-12-19)15-21(27)24-18-7-9-20(10-8-18)26-13-1-2-22(26)28/h3-10,19H,1-2,11-15H2,(H,24,27)/p+1. The molecule has 1 saturated carbocycles. The molecule has 4 rings (SSSR count). The van der Waals surface area contributed by atoms with Gasteiger partial charge in [-0.3, -0.25) is 9.59 Å². The number of benzene rings is 2. The molecule has 1 atom stereocenters. The number of nitrogens with zero attached hydrogens (tertiary/aromatic N) is 1. The molecule has 2 amide bonds. The van der Waals surface area contributed by atoms with Crippen molar-refractivity contribution < 1.29 is 18.9 Å². The Labute approximate surface area is 164 Å². The van der Waals surface area contributed by atoms with Gasteiger partial charge < -0.3 is 15.1 Å². The van der Waals surface area contributed by atoms with Gasteiger partial charge in [-0.25, -0.2) is 4.39 Å². The van der Waals surface area contributed by atoms with Crippen LogP contribution in [0.15, 0.2) is 48.5 Å². The first-order valence-corrected chi connectivity index (χ1v) is 9.88. The fourth-order valence-electron chi connectivity index (χ4n) is 3.76. The monoisotopic (exact) mass is 382 g/mol. The van der Waals surface area contributed by atoms with Crippen molar-refractivity contribution in [2.45, 2.75) is 38.3 Å². The molecule has 2 fully saturated rings. The molecule has 146 valence electrons. The van der Waals surface area contributed by atoms with Gasteiger partial charge in [-0.05, 0) is 42.8 Å². The fraction of sp³-hybridized carbons (Fsp3) is 0.364. The lowest BCUT2D eigenvalue weighted by Crippen LogP contribution is -3.13. The summed E-state index contributed by atoms with van der Waals surface area (Å²) in [5, 5.41) is 2.96. The summed E-state index contributed by atoms with van der Waals surface area (Å²) in [7, 11) is 0. The van der Waals surface area contributed by atoms with Crippen molar-refractivity contribution in [1.82, 2.24) is 0 Å². The highest BCUT2D eigenvalue weighted by Crippen LogP contribution is 2.23. The number of anilines is 2. The first-order chi connectivity index (χ1) is 13.6. The van der Waals surface area contributed by atoms with Crippen molar-refractivity contribution in [2.75, 3.05) is 23.3 Å². The zero-order valence-electron chi connectivity index (χ0n) is 15.8. The van der Waals surface area contributed by atoms with Crippen molar-refractivity contribution in [1.29, 1.82) is 0 Å². The fourth-order valence-corrected chi connectivity index (χ4v) is 3.76. The minimum absolute atomic E-state index is 0.0333. The highest BCUT2D eigenvalue weighted by Gasteiger charge is 2.34. The summed E-state index contributed by atoms with van der Waals surface area (Å²) >= 11 is 0. The van der Waals surface area contributed by atoms with E-state index in [1.54, 1.807) is 17.0 Å². The molecule has 28 heavy (non-hydrogen) atoms. The molecule has 2 aromatic carbocycles. The highest BCUT2D eigenvalue weighted by atomic mass is 19.1. The van der Waals surface area contributed by atoms with Crippen LogP contribution in [0.3, 0.4) is 0 Å². The second-order valence-corrected chi connectivity index (χ2v) is 7.66. The van der Waals surface area contributed by atoms with Gasteiger partial charge >= 0.3 is 0 Å². The highest BCUT2D eigenvalue weighted by molar-refractivity contribution is 5.96. The molecular weight excluding hydrogens is 357 g/mol. The number of quaternary nitrogens is 1. The molecule has 5 nitrogen and oxygen atoms in total. The molecule has 1 unspecified atom stereocenters. The number of halogens is 1. The summed E-state index contributed by atoms with van der Waals surface area (Å²) in [6.07, 6.45) is 3.75. The van der Waals surface area contributed by atoms with Crippen LogP contribution in [0.2, 0.25) is 0 Å². The maximum absolute atomic E-state index is 13.1. The van der Waals surface area contributed by atoms with Gasteiger partial charge in [-0.2, -0.15) is 0 Å². The zero-order valence-corrected chi connectivity index (χ0v) is 15.8. The third-order valence-electron chi connectivity index (χ3n) is 5.42. The number of rotatable bonds is 7. The van der Waals surface area contributed by atoms with Crippen LogP contribution in [0.4, 0.5) is 15.8 Å². The van der Waals surface area contributed by atoms with Crippen molar-refractivity contribution in [3.05, 3.63) is 59.9 Å². The lowest BCUT2D eigenvalue weighted by atomic mass is 10.2. The van der Waals surface area contributed by atoms with Crippen molar-refractivity contribution >= 4 is 23.2 Å². The van der Waals surface area contributed by atoms with Crippen molar-refractivity contribution in [3.63, 3.8) is 0 Å². The Bertz CT molecular complexity index is 847. The van der Waals surface area contributed by atoms with Crippen LogP contribution in [0, 0.1) is 5.82 Å². The van der Waals surface area contributed by atoms with Crippen molar-refractivity contribution in [3.8, 4) is 0 Å². The summed E-state index contributed by atoms with van der Waals surface area (Å²) in [5.41, 5.74) is 2.65. The SMILES string of the molecule is O=C(C[NH+](Cc1ccc(F)cc1)C1CC1)Nc1ccc(N2CCCC2=O)cc1. The van der Waals surface area contributed by atoms with E-state index < -0.39 is 0 Å². The second kappa shape index (κ2) is 8.10. The minimum atomic E-state index is -0.242. The number of nitrogens with one attached hydrogen (secondary N) is 2. The quantitative estimate of drug-likeness (QED) is 0.771. The summed E-state index contributed by atoms with van der Waals surface area (Å²) < 4.78 is 13.1. The van der Waals surface area contributed by atoms with Crippen LogP contribution in [-0.2, 0) is 16.1 Å². The number of hydrogen-bond acceptors (Lipinski definition) is 2. The van der Waals surface area contributed by atoms with E-state index in [9.17, 15) is 14.0 Å². The van der Waals surface area contributed by atoms with E-state index in [1.807, 2.05) is 24.3 Å². The molecular formula is C22H25FN3O2+. The number of carbonyl (C=O) groups is 2. The molecule has 1 heterocycles. The molecule has 2 aliphatic rings. The number of carbonyl (C=O) groups excluding carboxylic acids is 2. The summed E-state index contributed by atoms with van der Waals surface area (Å²) in [6, 6.07) is 14.4. The predicted molar refractivity (Wildman–Crippen MR) is 106 cm³/mol. The van der Waals surface area contributed by atoms with Crippen LogP contribution in [-0.4, -0.2) is 30.9 Å². The maximum Gasteiger partial charge on any atom is 0.279 e. The largest absolute Gasteiger partial charge is 0.321 e. The van der Waals surface area contributed by atoms with E-state index in [4.69, 9.17) is 0 Å². The average molecular weight is 382 g/mol. The predicted octanol–water partition coefficient (Wildman–Crippen LogP) is 2.14. The van der Waals surface area contributed by atoms with Gasteiger partial charge in [-0.1, -0.05) is 12.1 Å². The van der Waals surface area contributed by atoms with Gasteiger partial charge in [0, 0.05) is 42.7 Å². The Morgan fingerprint density at radius 3 is 2.43 bits per heavy atom. The van der Waals surface area contributed by atoms with Crippen LogP contribution in [0.5, 0.6) is 0 Å². The Hall–Kier alpha value is -2.73. The van der Waals surface area contributed by atoms with Crippen LogP contribution in [0.1, 0.15) is 31.2 Å². The van der Waals surface area contributed by atoms with E-state index in [-0.39, 0.29) is 17.6 Å². The van der Waals surface area contributed by atoms with Crippen molar-refractivity contribution in [2.24, 2.45) is 0 Å². The molecule has 0 radical (unpaired) electrons. The van der Waals surface area contributed by atoms with Gasteiger partial charge in [0.1, 0.15) is 12.4 Å². The summed E-state index contributed by atoms with van der Waals surface area (Å²) in [6.45, 7) is 1.86. The molecule has 6 heteroatoms. The number of hydrogen-bond donors (Lipinski definition) is 2. The molecule has 0 aromatic heterocycles. The molecule has 1 aliphatic heterocycles. The third kappa shape index (κ3) is 4.57. The van der Waals surface area contributed by atoms with Gasteiger partial charge in [0.2, 0.25) is 5.91 Å². The normalized spacial score (nSPS) is 17.6. The lowest BCUT2D eigenvalue weighted by Gasteiger charge is -2.19. The van der Waals surface area contributed by atoms with Gasteiger partial charge in [0.05, 0.1) is 6.04 Å². The molecule has 1 aliphatic carbocycles. The topological polar surface area (TPSA) is 53.9 Å². The van der Waals surface area contributed by atoms with E-state index in [0.717, 1.165) is 42.7 Å². The Morgan fingerprint density at radius 1 is 1.11 bits per heavy atom. The Kier molecular flexibility index (Phi) is 5.39. The zero-order chi connectivity index (χ0) is 19.5. The lowest BCUT2D eigenvalue weighted by molar-refractivity contribution is -0.916. The van der Waals surface area contributed by atoms with Crippen LogP contribution < -0.4 is 15.1 Å². The van der Waals surface area contributed by atoms with Gasteiger partial charge in [-0.15, -0.1) is 0 Å². The average Bonchev–Trinajstić information content (AvgIpc) is 3.45.